The van der Waals surface area contributed by atoms with E-state index in [0.29, 0.717) is 18.0 Å². The van der Waals surface area contributed by atoms with Gasteiger partial charge in [0.15, 0.2) is 5.78 Å². The minimum absolute atomic E-state index is 0.176. The van der Waals surface area contributed by atoms with E-state index in [1.165, 1.54) is 6.42 Å². The van der Waals surface area contributed by atoms with Crippen LogP contribution in [0.5, 0.6) is 0 Å². The molecule has 0 amide bonds. The first-order valence-corrected chi connectivity index (χ1v) is 6.43. The molecule has 1 aromatic rings. The van der Waals surface area contributed by atoms with Crippen molar-refractivity contribution in [2.75, 3.05) is 13.1 Å². The van der Waals surface area contributed by atoms with Gasteiger partial charge in [-0.3, -0.25) is 4.79 Å². The summed E-state index contributed by atoms with van der Waals surface area (Å²) in [7, 11) is 0. The lowest BCUT2D eigenvalue weighted by molar-refractivity contribution is 0.0964. The molecule has 5 nitrogen and oxygen atoms in total. The number of hydrogen-bond donors (Lipinski definition) is 1. The minimum Gasteiger partial charge on any atom is -0.316 e. The SMILES string of the molecule is CCCn1nncc1C(=O)CCC1CCNC1. The lowest BCUT2D eigenvalue weighted by Crippen LogP contribution is -2.13. The number of aryl methyl sites for hydroxylation is 1. The topological polar surface area (TPSA) is 59.8 Å². The maximum atomic E-state index is 12.0. The number of Topliss-reactive ketones (excluding diaryl/α,β-unsaturated/α-hetero) is 1. The predicted molar refractivity (Wildman–Crippen MR) is 64.9 cm³/mol. The molecule has 1 aliphatic heterocycles. The lowest BCUT2D eigenvalue weighted by atomic mass is 10.00. The van der Waals surface area contributed by atoms with Crippen molar-refractivity contribution in [1.29, 1.82) is 0 Å². The molecule has 0 bridgehead atoms. The molecule has 1 atom stereocenters. The van der Waals surface area contributed by atoms with Gasteiger partial charge in [-0.2, -0.15) is 0 Å². The Hall–Kier alpha value is -1.23. The van der Waals surface area contributed by atoms with E-state index >= 15 is 0 Å². The summed E-state index contributed by atoms with van der Waals surface area (Å²) in [5, 5.41) is 11.1. The fourth-order valence-electron chi connectivity index (χ4n) is 2.27. The third-order valence-corrected chi connectivity index (χ3v) is 3.28. The van der Waals surface area contributed by atoms with Gasteiger partial charge < -0.3 is 5.32 Å². The Bertz CT molecular complexity index is 368. The van der Waals surface area contributed by atoms with Crippen LogP contribution in [0, 0.1) is 5.92 Å². The number of nitrogens with zero attached hydrogens (tertiary/aromatic N) is 3. The van der Waals surface area contributed by atoms with Crippen molar-refractivity contribution in [3.05, 3.63) is 11.9 Å². The zero-order chi connectivity index (χ0) is 12.1. The van der Waals surface area contributed by atoms with Crippen LogP contribution in [0.1, 0.15) is 43.1 Å². The summed E-state index contributed by atoms with van der Waals surface area (Å²) >= 11 is 0. The van der Waals surface area contributed by atoms with Crippen LogP contribution in [-0.2, 0) is 6.54 Å². The number of carbonyl (C=O) groups excluding carboxylic acids is 1. The number of ketones is 1. The Kier molecular flexibility index (Phi) is 4.25. The fourth-order valence-corrected chi connectivity index (χ4v) is 2.27. The average molecular weight is 236 g/mol. The Labute approximate surface area is 102 Å². The molecule has 2 heterocycles. The number of hydrogen-bond acceptors (Lipinski definition) is 4. The van der Waals surface area contributed by atoms with Gasteiger partial charge in [-0.15, -0.1) is 5.10 Å². The van der Waals surface area contributed by atoms with Crippen LogP contribution in [0.3, 0.4) is 0 Å². The predicted octanol–water partition coefficient (Wildman–Crippen LogP) is 1.26. The highest BCUT2D eigenvalue weighted by Gasteiger charge is 2.18. The van der Waals surface area contributed by atoms with Crippen LogP contribution < -0.4 is 5.32 Å². The highest BCUT2D eigenvalue weighted by atomic mass is 16.1. The molecule has 1 unspecified atom stereocenters. The molecule has 1 aliphatic rings. The normalized spacial score (nSPS) is 19.7. The van der Waals surface area contributed by atoms with E-state index in [0.717, 1.165) is 32.5 Å². The third kappa shape index (κ3) is 3.12. The standard InChI is InChI=1S/C12H20N4O/c1-2-7-16-11(9-14-15-16)12(17)4-3-10-5-6-13-8-10/h9-10,13H,2-8H2,1H3. The van der Waals surface area contributed by atoms with Crippen molar-refractivity contribution in [2.24, 2.45) is 5.92 Å². The quantitative estimate of drug-likeness (QED) is 0.755. The Morgan fingerprint density at radius 1 is 1.65 bits per heavy atom. The molecule has 0 radical (unpaired) electrons. The van der Waals surface area contributed by atoms with Crippen molar-refractivity contribution < 1.29 is 4.79 Å². The smallest absolute Gasteiger partial charge is 0.182 e. The molecule has 5 heteroatoms. The summed E-state index contributed by atoms with van der Waals surface area (Å²) < 4.78 is 1.72. The van der Waals surface area contributed by atoms with Crippen LogP contribution >= 0.6 is 0 Å². The van der Waals surface area contributed by atoms with Gasteiger partial charge in [-0.25, -0.2) is 4.68 Å². The van der Waals surface area contributed by atoms with Crippen LogP contribution in [-0.4, -0.2) is 33.9 Å². The first-order chi connectivity index (χ1) is 8.31. The van der Waals surface area contributed by atoms with E-state index in [1.54, 1.807) is 10.9 Å². The van der Waals surface area contributed by atoms with Gasteiger partial charge >= 0.3 is 0 Å². The molecule has 1 fully saturated rings. The summed E-state index contributed by atoms with van der Waals surface area (Å²) in [4.78, 5) is 12.0. The van der Waals surface area contributed by atoms with Crippen LogP contribution in [0.4, 0.5) is 0 Å². The van der Waals surface area contributed by atoms with Crippen LogP contribution in [0.15, 0.2) is 6.20 Å². The molecule has 0 saturated carbocycles. The highest BCUT2D eigenvalue weighted by molar-refractivity contribution is 5.94. The van der Waals surface area contributed by atoms with E-state index in [-0.39, 0.29) is 5.78 Å². The molecule has 17 heavy (non-hydrogen) atoms. The van der Waals surface area contributed by atoms with E-state index in [1.807, 2.05) is 0 Å². The lowest BCUT2D eigenvalue weighted by Gasteiger charge is -2.07. The summed E-state index contributed by atoms with van der Waals surface area (Å²) in [6.07, 6.45) is 5.34. The van der Waals surface area contributed by atoms with Crippen molar-refractivity contribution in [3.8, 4) is 0 Å². The molecular formula is C12H20N4O. The van der Waals surface area contributed by atoms with Gasteiger partial charge in [0.25, 0.3) is 0 Å². The minimum atomic E-state index is 0.176. The maximum absolute atomic E-state index is 12.0. The van der Waals surface area contributed by atoms with Gasteiger partial charge in [0.05, 0.1) is 6.20 Å². The third-order valence-electron chi connectivity index (χ3n) is 3.28. The zero-order valence-electron chi connectivity index (χ0n) is 10.4. The zero-order valence-corrected chi connectivity index (χ0v) is 10.4. The highest BCUT2D eigenvalue weighted by Crippen LogP contribution is 2.16. The van der Waals surface area contributed by atoms with Crippen LogP contribution in [0.25, 0.3) is 0 Å². The second-order valence-electron chi connectivity index (χ2n) is 4.66. The largest absolute Gasteiger partial charge is 0.316 e. The number of nitrogens with one attached hydrogen (secondary N) is 1. The van der Waals surface area contributed by atoms with Crippen molar-refractivity contribution >= 4 is 5.78 Å². The fraction of sp³-hybridized carbons (Fsp3) is 0.750. The molecule has 2 rings (SSSR count). The van der Waals surface area contributed by atoms with Crippen LogP contribution in [0.2, 0.25) is 0 Å². The second kappa shape index (κ2) is 5.91. The van der Waals surface area contributed by atoms with Gasteiger partial charge in [0, 0.05) is 13.0 Å². The number of aromatic nitrogens is 3. The average Bonchev–Trinajstić information content (AvgIpc) is 2.97. The van der Waals surface area contributed by atoms with Gasteiger partial charge in [0.1, 0.15) is 5.69 Å². The monoisotopic (exact) mass is 236 g/mol. The number of rotatable bonds is 6. The van der Waals surface area contributed by atoms with Crippen molar-refractivity contribution in [1.82, 2.24) is 20.3 Å². The Morgan fingerprint density at radius 2 is 2.53 bits per heavy atom. The Balaban J connectivity index is 1.87. The second-order valence-corrected chi connectivity index (χ2v) is 4.66. The van der Waals surface area contributed by atoms with Gasteiger partial charge in [-0.1, -0.05) is 12.1 Å². The molecule has 0 aliphatic carbocycles. The molecule has 0 aromatic carbocycles. The molecular weight excluding hydrogens is 216 g/mol. The number of carbonyl (C=O) groups is 1. The molecule has 94 valence electrons. The van der Waals surface area contributed by atoms with E-state index in [9.17, 15) is 4.79 Å². The molecule has 1 N–H and O–H groups in total. The molecule has 0 spiro atoms. The summed E-state index contributed by atoms with van der Waals surface area (Å²) in [6.45, 7) is 4.99. The van der Waals surface area contributed by atoms with Gasteiger partial charge in [-0.05, 0) is 38.3 Å². The summed E-state index contributed by atoms with van der Waals surface area (Å²) in [6, 6.07) is 0. The molecule has 1 aromatic heterocycles. The summed E-state index contributed by atoms with van der Waals surface area (Å²) in [5.74, 6) is 0.838. The Morgan fingerprint density at radius 3 is 3.24 bits per heavy atom. The summed E-state index contributed by atoms with van der Waals surface area (Å²) in [5.41, 5.74) is 0.665. The van der Waals surface area contributed by atoms with E-state index in [2.05, 4.69) is 22.6 Å². The molecule has 1 saturated heterocycles. The maximum Gasteiger partial charge on any atom is 0.182 e. The van der Waals surface area contributed by atoms with E-state index in [4.69, 9.17) is 0 Å². The van der Waals surface area contributed by atoms with Crippen molar-refractivity contribution in [2.45, 2.75) is 39.2 Å². The van der Waals surface area contributed by atoms with E-state index < -0.39 is 0 Å². The van der Waals surface area contributed by atoms with Crippen molar-refractivity contribution in [3.63, 3.8) is 0 Å². The van der Waals surface area contributed by atoms with Gasteiger partial charge in [0.2, 0.25) is 0 Å². The first kappa shape index (κ1) is 12.2. The first-order valence-electron chi connectivity index (χ1n) is 6.43.